The molecule has 146 valence electrons. The maximum absolute atomic E-state index is 11.8. The number of Topliss-reactive ketones (excluding diaryl/α,β-unsaturated/α-hetero) is 1. The Bertz CT molecular complexity index is 978. The van der Waals surface area contributed by atoms with Gasteiger partial charge in [-0.3, -0.25) is 9.80 Å². The van der Waals surface area contributed by atoms with Gasteiger partial charge in [0.15, 0.2) is 17.2 Å². The smallest absolute Gasteiger partial charge is 0.164 e. The van der Waals surface area contributed by atoms with E-state index in [1.807, 2.05) is 47.1 Å². The molecule has 4 rings (SSSR count). The zero-order valence-corrected chi connectivity index (χ0v) is 16.3. The highest BCUT2D eigenvalue weighted by Gasteiger charge is 2.20. The topological polar surface area (TPSA) is 63.0 Å². The number of hydrazine groups is 1. The fourth-order valence-electron chi connectivity index (χ4n) is 3.50. The predicted octanol–water partition coefficient (Wildman–Crippen LogP) is 3.06. The molecule has 0 spiro atoms. The van der Waals surface area contributed by atoms with E-state index in [4.69, 9.17) is 9.84 Å². The number of hydrogen-bond donors (Lipinski definition) is 0. The van der Waals surface area contributed by atoms with Gasteiger partial charge in [0.25, 0.3) is 0 Å². The van der Waals surface area contributed by atoms with Gasteiger partial charge in [-0.05, 0) is 31.5 Å². The average Bonchev–Trinajstić information content (AvgIpc) is 3.16. The van der Waals surface area contributed by atoms with Crippen LogP contribution in [0.3, 0.4) is 0 Å². The number of carbonyl (C=O) groups is 1. The lowest BCUT2D eigenvalue weighted by molar-refractivity contribution is 0.0311. The van der Waals surface area contributed by atoms with Gasteiger partial charge in [-0.1, -0.05) is 25.1 Å². The Balaban J connectivity index is 1.74. The van der Waals surface area contributed by atoms with Crippen molar-refractivity contribution in [1.82, 2.24) is 19.6 Å². The summed E-state index contributed by atoms with van der Waals surface area (Å²) in [5.74, 6) is 0.934. The maximum atomic E-state index is 11.8. The first-order valence-corrected chi connectivity index (χ1v) is 9.73. The third-order valence-electron chi connectivity index (χ3n) is 4.94. The van der Waals surface area contributed by atoms with Gasteiger partial charge in [-0.2, -0.15) is 0 Å². The van der Waals surface area contributed by atoms with Crippen molar-refractivity contribution in [2.45, 2.75) is 20.3 Å². The third kappa shape index (κ3) is 3.63. The number of aromatic nitrogens is 3. The minimum absolute atomic E-state index is 0.0470. The molecule has 28 heavy (non-hydrogen) atoms. The number of hydrogen-bond acceptors (Lipinski definition) is 6. The molecule has 0 aliphatic carbocycles. The van der Waals surface area contributed by atoms with E-state index in [0.717, 1.165) is 62.0 Å². The van der Waals surface area contributed by atoms with Crippen LogP contribution in [0.5, 0.6) is 0 Å². The molecule has 2 aromatic heterocycles. The van der Waals surface area contributed by atoms with Gasteiger partial charge in [0.2, 0.25) is 0 Å². The first-order valence-electron chi connectivity index (χ1n) is 9.73. The van der Waals surface area contributed by atoms with Crippen LogP contribution in [0, 0.1) is 0 Å². The molecule has 0 bridgehead atoms. The molecule has 3 aromatic rings. The highest BCUT2D eigenvalue weighted by molar-refractivity contribution is 5.95. The van der Waals surface area contributed by atoms with E-state index in [1.165, 1.54) is 0 Å². The fourth-order valence-corrected chi connectivity index (χ4v) is 3.50. The second-order valence-corrected chi connectivity index (χ2v) is 6.93. The summed E-state index contributed by atoms with van der Waals surface area (Å²) in [5, 5.41) is 9.43. The van der Waals surface area contributed by atoms with Crippen LogP contribution in [-0.2, 0) is 4.74 Å². The lowest BCUT2D eigenvalue weighted by Crippen LogP contribution is -2.49. The Morgan fingerprint density at radius 1 is 1.21 bits per heavy atom. The number of imidazole rings is 1. The number of morpholine rings is 1. The zero-order valence-electron chi connectivity index (χ0n) is 16.3. The molecule has 1 aromatic carbocycles. The van der Waals surface area contributed by atoms with Crippen LogP contribution in [0.2, 0.25) is 0 Å². The largest absolute Gasteiger partial charge is 0.379 e. The first-order chi connectivity index (χ1) is 13.7. The summed E-state index contributed by atoms with van der Waals surface area (Å²) in [6.45, 7) is 7.82. The van der Waals surface area contributed by atoms with Crippen molar-refractivity contribution in [2.75, 3.05) is 37.9 Å². The second kappa shape index (κ2) is 8.08. The highest BCUT2D eigenvalue weighted by Crippen LogP contribution is 2.24. The Labute approximate surface area is 164 Å². The summed E-state index contributed by atoms with van der Waals surface area (Å²) in [6, 6.07) is 11.6. The lowest BCUT2D eigenvalue weighted by Gasteiger charge is -2.37. The van der Waals surface area contributed by atoms with Crippen molar-refractivity contribution in [2.24, 2.45) is 0 Å². The number of nitrogens with zero attached hydrogens (tertiary/aromatic N) is 5. The van der Waals surface area contributed by atoms with Crippen LogP contribution in [0.15, 0.2) is 42.6 Å². The molecule has 1 aliphatic heterocycles. The predicted molar refractivity (Wildman–Crippen MR) is 108 cm³/mol. The lowest BCUT2D eigenvalue weighted by atomic mass is 10.1. The van der Waals surface area contributed by atoms with Crippen LogP contribution in [0.25, 0.3) is 16.9 Å². The number of ether oxygens (including phenoxy) is 1. The fraction of sp³-hybridized carbons (Fsp3) is 0.381. The van der Waals surface area contributed by atoms with Crippen molar-refractivity contribution < 1.29 is 9.53 Å². The first kappa shape index (κ1) is 18.6. The van der Waals surface area contributed by atoms with E-state index < -0.39 is 0 Å². The number of benzene rings is 1. The van der Waals surface area contributed by atoms with Crippen LogP contribution >= 0.6 is 0 Å². The van der Waals surface area contributed by atoms with E-state index in [1.54, 1.807) is 6.92 Å². The highest BCUT2D eigenvalue weighted by atomic mass is 16.5. The SMILES string of the molecule is CCCN(c1ccc2ncc(-c3cccc(C(C)=O)c3)n2n1)N1CCOCC1. The number of fused-ring (bicyclic) bond motifs is 1. The van der Waals surface area contributed by atoms with Gasteiger partial charge in [0.1, 0.15) is 0 Å². The van der Waals surface area contributed by atoms with E-state index >= 15 is 0 Å². The van der Waals surface area contributed by atoms with Crippen LogP contribution in [0.4, 0.5) is 5.82 Å². The summed E-state index contributed by atoms with van der Waals surface area (Å²) in [5.41, 5.74) is 3.27. The van der Waals surface area contributed by atoms with Crippen LogP contribution in [-0.4, -0.2) is 58.2 Å². The van der Waals surface area contributed by atoms with E-state index in [0.29, 0.717) is 5.56 Å². The summed E-state index contributed by atoms with van der Waals surface area (Å²) in [6.07, 6.45) is 2.83. The minimum Gasteiger partial charge on any atom is -0.379 e. The molecule has 1 aliphatic rings. The van der Waals surface area contributed by atoms with Gasteiger partial charge in [-0.15, -0.1) is 5.10 Å². The Hall–Kier alpha value is -2.77. The molecule has 0 radical (unpaired) electrons. The molecule has 0 atom stereocenters. The van der Waals surface area contributed by atoms with Crippen molar-refractivity contribution in [1.29, 1.82) is 0 Å². The molecule has 1 saturated heterocycles. The standard InChI is InChI=1S/C21H25N5O2/c1-3-9-25(24-10-12-28-13-11-24)21-8-7-20-22-15-19(26(20)23-21)18-6-4-5-17(14-18)16(2)27/h4-8,14-15H,3,9-13H2,1-2H3. The third-order valence-corrected chi connectivity index (χ3v) is 4.94. The van der Waals surface area contributed by atoms with Crippen molar-refractivity contribution in [3.8, 4) is 11.3 Å². The van der Waals surface area contributed by atoms with Gasteiger partial charge in [-0.25, -0.2) is 14.5 Å². The van der Waals surface area contributed by atoms with Crippen LogP contribution < -0.4 is 5.01 Å². The number of anilines is 1. The Kier molecular flexibility index (Phi) is 5.36. The summed E-state index contributed by atoms with van der Waals surface area (Å²) in [4.78, 5) is 16.3. The van der Waals surface area contributed by atoms with Crippen molar-refractivity contribution >= 4 is 17.2 Å². The molecule has 7 nitrogen and oxygen atoms in total. The van der Waals surface area contributed by atoms with Gasteiger partial charge in [0, 0.05) is 30.8 Å². The molecular weight excluding hydrogens is 354 g/mol. The molecule has 3 heterocycles. The van der Waals surface area contributed by atoms with Crippen molar-refractivity contribution in [3.05, 3.63) is 48.2 Å². The molecule has 0 N–H and O–H groups in total. The molecule has 0 unspecified atom stereocenters. The maximum Gasteiger partial charge on any atom is 0.164 e. The quantitative estimate of drug-likeness (QED) is 0.614. The minimum atomic E-state index is 0.0470. The summed E-state index contributed by atoms with van der Waals surface area (Å²) in [7, 11) is 0. The Morgan fingerprint density at radius 3 is 2.79 bits per heavy atom. The van der Waals surface area contributed by atoms with Gasteiger partial charge >= 0.3 is 0 Å². The molecule has 0 saturated carbocycles. The van der Waals surface area contributed by atoms with Crippen LogP contribution in [0.1, 0.15) is 30.6 Å². The molecular formula is C21H25N5O2. The number of ketones is 1. The van der Waals surface area contributed by atoms with E-state index in [-0.39, 0.29) is 5.78 Å². The van der Waals surface area contributed by atoms with Gasteiger partial charge < -0.3 is 4.74 Å². The average molecular weight is 379 g/mol. The Morgan fingerprint density at radius 2 is 2.04 bits per heavy atom. The summed E-state index contributed by atoms with van der Waals surface area (Å²) < 4.78 is 7.36. The molecule has 0 amide bonds. The monoisotopic (exact) mass is 379 g/mol. The normalized spacial score (nSPS) is 15.1. The van der Waals surface area contributed by atoms with Crippen molar-refractivity contribution in [3.63, 3.8) is 0 Å². The molecule has 7 heteroatoms. The number of carbonyl (C=O) groups excluding carboxylic acids is 1. The van der Waals surface area contributed by atoms with Gasteiger partial charge in [0.05, 0.1) is 25.1 Å². The second-order valence-electron chi connectivity index (χ2n) is 6.93. The van der Waals surface area contributed by atoms with E-state index in [9.17, 15) is 4.79 Å². The summed E-state index contributed by atoms with van der Waals surface area (Å²) >= 11 is 0. The zero-order chi connectivity index (χ0) is 19.5. The number of rotatable bonds is 6. The molecule has 1 fully saturated rings. The van der Waals surface area contributed by atoms with E-state index in [2.05, 4.69) is 21.9 Å².